The van der Waals surface area contributed by atoms with E-state index in [1.165, 1.54) is 14.0 Å². The van der Waals surface area contributed by atoms with Gasteiger partial charge in [0.25, 0.3) is 5.91 Å². The molecule has 2 aromatic rings. The number of amides is 2. The summed E-state index contributed by atoms with van der Waals surface area (Å²) in [6.07, 6.45) is 0.0101. The first kappa shape index (κ1) is 20.0. The molecule has 7 nitrogen and oxygen atoms in total. The van der Waals surface area contributed by atoms with E-state index >= 15 is 0 Å². The van der Waals surface area contributed by atoms with Crippen molar-refractivity contribution in [2.24, 2.45) is 0 Å². The predicted octanol–water partition coefficient (Wildman–Crippen LogP) is 2.69. The van der Waals surface area contributed by atoms with Gasteiger partial charge >= 0.3 is 5.97 Å². The van der Waals surface area contributed by atoms with Crippen molar-refractivity contribution in [2.75, 3.05) is 24.4 Å². The molecule has 0 radical (unpaired) electrons. The minimum absolute atomic E-state index is 0.0101. The van der Waals surface area contributed by atoms with Gasteiger partial charge in [-0.2, -0.15) is 0 Å². The van der Waals surface area contributed by atoms with Crippen LogP contribution in [0.15, 0.2) is 42.5 Å². The van der Waals surface area contributed by atoms with E-state index in [0.717, 1.165) is 5.56 Å². The summed E-state index contributed by atoms with van der Waals surface area (Å²) in [5.41, 5.74) is 2.74. The van der Waals surface area contributed by atoms with Gasteiger partial charge in [-0.25, -0.2) is 0 Å². The maximum atomic E-state index is 12.0. The second-order valence-electron chi connectivity index (χ2n) is 5.96. The van der Waals surface area contributed by atoms with E-state index in [4.69, 9.17) is 9.47 Å². The highest BCUT2D eigenvalue weighted by Gasteiger charge is 2.12. The third-order valence-corrected chi connectivity index (χ3v) is 3.60. The van der Waals surface area contributed by atoms with Crippen molar-refractivity contribution in [3.63, 3.8) is 0 Å². The number of benzene rings is 2. The highest BCUT2D eigenvalue weighted by atomic mass is 16.5. The molecule has 7 heteroatoms. The van der Waals surface area contributed by atoms with E-state index in [0.29, 0.717) is 22.7 Å². The largest absolute Gasteiger partial charge is 0.496 e. The predicted molar refractivity (Wildman–Crippen MR) is 102 cm³/mol. The Morgan fingerprint density at radius 3 is 2.37 bits per heavy atom. The van der Waals surface area contributed by atoms with Crippen molar-refractivity contribution < 1.29 is 23.9 Å². The van der Waals surface area contributed by atoms with Crippen LogP contribution < -0.4 is 15.4 Å². The standard InChI is InChI=1S/C20H22N2O5/c1-13-7-8-18(26-3)15(9-13)10-20(25)27-12-19(24)22-17-6-4-5-16(11-17)21-14(2)23/h4-9,11H,10,12H2,1-3H3,(H,21,23)(H,22,24). The molecule has 0 spiro atoms. The Hall–Kier alpha value is -3.35. The van der Waals surface area contributed by atoms with E-state index < -0.39 is 18.5 Å². The lowest BCUT2D eigenvalue weighted by atomic mass is 10.1. The Labute approximate surface area is 157 Å². The van der Waals surface area contributed by atoms with Crippen molar-refractivity contribution >= 4 is 29.2 Å². The normalized spacial score (nSPS) is 10.0. The molecule has 142 valence electrons. The van der Waals surface area contributed by atoms with Gasteiger partial charge in [-0.1, -0.05) is 23.8 Å². The lowest BCUT2D eigenvalue weighted by molar-refractivity contribution is -0.146. The molecule has 0 saturated heterocycles. The molecule has 0 aromatic heterocycles. The van der Waals surface area contributed by atoms with Gasteiger partial charge < -0.3 is 20.1 Å². The van der Waals surface area contributed by atoms with E-state index in [2.05, 4.69) is 10.6 Å². The van der Waals surface area contributed by atoms with Crippen LogP contribution in [-0.2, 0) is 25.5 Å². The Morgan fingerprint density at radius 2 is 1.70 bits per heavy atom. The first-order chi connectivity index (χ1) is 12.9. The van der Waals surface area contributed by atoms with Gasteiger partial charge in [0.05, 0.1) is 13.5 Å². The number of hydrogen-bond acceptors (Lipinski definition) is 5. The highest BCUT2D eigenvalue weighted by Crippen LogP contribution is 2.20. The van der Waals surface area contributed by atoms with Crippen molar-refractivity contribution in [1.29, 1.82) is 0 Å². The number of aryl methyl sites for hydroxylation is 1. The smallest absolute Gasteiger partial charge is 0.310 e. The molecule has 0 heterocycles. The SMILES string of the molecule is COc1ccc(C)cc1CC(=O)OCC(=O)Nc1cccc(NC(C)=O)c1. The van der Waals surface area contributed by atoms with Gasteiger partial charge in [-0.15, -0.1) is 0 Å². The summed E-state index contributed by atoms with van der Waals surface area (Å²) in [5, 5.41) is 5.24. The summed E-state index contributed by atoms with van der Waals surface area (Å²) in [7, 11) is 1.53. The summed E-state index contributed by atoms with van der Waals surface area (Å²) in [6.45, 7) is 2.90. The zero-order valence-electron chi connectivity index (χ0n) is 15.5. The maximum Gasteiger partial charge on any atom is 0.310 e. The molecule has 2 amide bonds. The topological polar surface area (TPSA) is 93.7 Å². The molecule has 0 unspecified atom stereocenters. The highest BCUT2D eigenvalue weighted by molar-refractivity contribution is 5.94. The number of carbonyl (C=O) groups excluding carboxylic acids is 3. The molecule has 0 aliphatic heterocycles. The molecule has 0 aliphatic rings. The van der Waals surface area contributed by atoms with E-state index in [1.807, 2.05) is 19.1 Å². The molecule has 0 atom stereocenters. The summed E-state index contributed by atoms with van der Waals surface area (Å²) >= 11 is 0. The lowest BCUT2D eigenvalue weighted by Crippen LogP contribution is -2.21. The number of rotatable bonds is 7. The quantitative estimate of drug-likeness (QED) is 0.731. The van der Waals surface area contributed by atoms with Crippen LogP contribution in [-0.4, -0.2) is 31.5 Å². The number of nitrogens with one attached hydrogen (secondary N) is 2. The molecule has 2 rings (SSSR count). The lowest BCUT2D eigenvalue weighted by Gasteiger charge is -2.10. The minimum atomic E-state index is -0.527. The molecule has 2 N–H and O–H groups in total. The zero-order valence-corrected chi connectivity index (χ0v) is 15.5. The van der Waals surface area contributed by atoms with Gasteiger partial charge in [0, 0.05) is 23.9 Å². The molecular formula is C20H22N2O5. The molecule has 0 bridgehead atoms. The fraction of sp³-hybridized carbons (Fsp3) is 0.250. The fourth-order valence-corrected chi connectivity index (χ4v) is 2.47. The molecule has 0 fully saturated rings. The van der Waals surface area contributed by atoms with Crippen LogP contribution >= 0.6 is 0 Å². The number of methoxy groups -OCH3 is 1. The number of hydrogen-bond donors (Lipinski definition) is 2. The minimum Gasteiger partial charge on any atom is -0.496 e. The molecule has 0 aliphatic carbocycles. The van der Waals surface area contributed by atoms with Crippen molar-refractivity contribution in [3.8, 4) is 5.75 Å². The number of esters is 1. The molecular weight excluding hydrogens is 348 g/mol. The first-order valence-corrected chi connectivity index (χ1v) is 8.34. The van der Waals surface area contributed by atoms with Gasteiger partial charge in [0.1, 0.15) is 5.75 Å². The van der Waals surface area contributed by atoms with E-state index in [-0.39, 0.29) is 12.3 Å². The maximum absolute atomic E-state index is 12.0. The Morgan fingerprint density at radius 1 is 1.00 bits per heavy atom. The number of carbonyl (C=O) groups is 3. The summed E-state index contributed by atoms with van der Waals surface area (Å²) in [6, 6.07) is 12.2. The number of anilines is 2. The average molecular weight is 370 g/mol. The van der Waals surface area contributed by atoms with Gasteiger partial charge in [-0.3, -0.25) is 14.4 Å². The van der Waals surface area contributed by atoms with Crippen LogP contribution in [0.2, 0.25) is 0 Å². The third-order valence-electron chi connectivity index (χ3n) is 3.60. The van der Waals surface area contributed by atoms with Crippen LogP contribution in [0.5, 0.6) is 5.75 Å². The third kappa shape index (κ3) is 6.47. The molecule has 27 heavy (non-hydrogen) atoms. The van der Waals surface area contributed by atoms with Crippen LogP contribution in [0.3, 0.4) is 0 Å². The molecule has 0 saturated carbocycles. The fourth-order valence-electron chi connectivity index (χ4n) is 2.47. The first-order valence-electron chi connectivity index (χ1n) is 8.34. The van der Waals surface area contributed by atoms with Crippen LogP contribution in [0, 0.1) is 6.92 Å². The van der Waals surface area contributed by atoms with Crippen LogP contribution in [0.25, 0.3) is 0 Å². The second-order valence-corrected chi connectivity index (χ2v) is 5.96. The molecule has 2 aromatic carbocycles. The van der Waals surface area contributed by atoms with Gasteiger partial charge in [-0.05, 0) is 31.2 Å². The van der Waals surface area contributed by atoms with Crippen LogP contribution in [0.1, 0.15) is 18.1 Å². The van der Waals surface area contributed by atoms with E-state index in [9.17, 15) is 14.4 Å². The van der Waals surface area contributed by atoms with E-state index in [1.54, 1.807) is 30.3 Å². The van der Waals surface area contributed by atoms with Gasteiger partial charge in [0.15, 0.2) is 6.61 Å². The zero-order chi connectivity index (χ0) is 19.8. The van der Waals surface area contributed by atoms with Crippen molar-refractivity contribution in [1.82, 2.24) is 0 Å². The van der Waals surface area contributed by atoms with Crippen molar-refractivity contribution in [3.05, 3.63) is 53.6 Å². The Balaban J connectivity index is 1.87. The summed E-state index contributed by atoms with van der Waals surface area (Å²) in [5.74, 6) is -0.614. The monoisotopic (exact) mass is 370 g/mol. The Bertz CT molecular complexity index is 848. The number of ether oxygens (including phenoxy) is 2. The second kappa shape index (κ2) is 9.38. The average Bonchev–Trinajstić information content (AvgIpc) is 2.60. The van der Waals surface area contributed by atoms with Crippen molar-refractivity contribution in [2.45, 2.75) is 20.3 Å². The summed E-state index contributed by atoms with van der Waals surface area (Å²) < 4.78 is 10.3. The van der Waals surface area contributed by atoms with Gasteiger partial charge in [0.2, 0.25) is 5.91 Å². The Kier molecular flexibility index (Phi) is 6.93. The summed E-state index contributed by atoms with van der Waals surface area (Å²) in [4.78, 5) is 35.1. The van der Waals surface area contributed by atoms with Crippen LogP contribution in [0.4, 0.5) is 11.4 Å².